The van der Waals surface area contributed by atoms with Crippen LogP contribution >= 0.6 is 0 Å². The molecule has 234 valence electrons. The van der Waals surface area contributed by atoms with Crippen LogP contribution in [0, 0.1) is 0 Å². The van der Waals surface area contributed by atoms with Crippen molar-refractivity contribution < 1.29 is 0 Å². The van der Waals surface area contributed by atoms with Crippen molar-refractivity contribution in [2.24, 2.45) is 0 Å². The van der Waals surface area contributed by atoms with Crippen LogP contribution in [-0.2, 0) is 0 Å². The molecule has 0 aliphatic heterocycles. The van der Waals surface area contributed by atoms with Gasteiger partial charge in [0.1, 0.15) is 5.52 Å². The zero-order valence-corrected chi connectivity index (χ0v) is 27.1. The molecule has 50 heavy (non-hydrogen) atoms. The lowest BCUT2D eigenvalue weighted by Gasteiger charge is -2.12. The first kappa shape index (κ1) is 28.3. The van der Waals surface area contributed by atoms with Crippen LogP contribution in [0.1, 0.15) is 0 Å². The zero-order chi connectivity index (χ0) is 33.0. The number of benzene rings is 7. The molecule has 10 aromatic rings. The van der Waals surface area contributed by atoms with Crippen LogP contribution in [0.15, 0.2) is 182 Å². The fourth-order valence-corrected chi connectivity index (χ4v) is 7.44. The molecule has 0 unspecified atom stereocenters. The molecule has 10 rings (SSSR count). The average molecular weight is 639 g/mol. The molecule has 0 spiro atoms. The number of fused-ring (bicyclic) bond motifs is 6. The fourth-order valence-electron chi connectivity index (χ4n) is 7.44. The minimum atomic E-state index is 0.701. The highest BCUT2D eigenvalue weighted by Crippen LogP contribution is 2.40. The van der Waals surface area contributed by atoms with E-state index < -0.39 is 0 Å². The van der Waals surface area contributed by atoms with Crippen molar-refractivity contribution in [1.29, 1.82) is 0 Å². The minimum absolute atomic E-state index is 0.701. The van der Waals surface area contributed by atoms with E-state index in [1.54, 1.807) is 0 Å². The molecule has 4 nitrogen and oxygen atoms in total. The lowest BCUT2D eigenvalue weighted by atomic mass is 10.0. The molecule has 0 saturated heterocycles. The van der Waals surface area contributed by atoms with Crippen molar-refractivity contribution in [1.82, 2.24) is 19.1 Å². The largest absolute Gasteiger partial charge is 0.309 e. The van der Waals surface area contributed by atoms with E-state index >= 15 is 0 Å². The molecule has 7 aromatic carbocycles. The molecule has 0 N–H and O–H groups in total. The number of hydrogen-bond acceptors (Lipinski definition) is 2. The Morgan fingerprint density at radius 1 is 0.340 bits per heavy atom. The first-order valence-corrected chi connectivity index (χ1v) is 16.9. The third-order valence-electron chi connectivity index (χ3n) is 9.71. The molecule has 0 atom stereocenters. The smallest absolute Gasteiger partial charge is 0.160 e. The summed E-state index contributed by atoms with van der Waals surface area (Å²) in [5, 5.41) is 3.46. The third-order valence-corrected chi connectivity index (χ3v) is 9.71. The summed E-state index contributed by atoms with van der Waals surface area (Å²) >= 11 is 0. The van der Waals surface area contributed by atoms with Gasteiger partial charge in [0, 0.05) is 38.7 Å². The molecular weight excluding hydrogens is 609 g/mol. The summed E-state index contributed by atoms with van der Waals surface area (Å²) < 4.78 is 4.66. The van der Waals surface area contributed by atoms with Gasteiger partial charge in [-0.3, -0.25) is 0 Å². The van der Waals surface area contributed by atoms with Gasteiger partial charge in [-0.1, -0.05) is 121 Å². The van der Waals surface area contributed by atoms with E-state index in [9.17, 15) is 0 Å². The topological polar surface area (TPSA) is 35.6 Å². The molecule has 0 radical (unpaired) electrons. The molecule has 0 saturated carbocycles. The highest BCUT2D eigenvalue weighted by molar-refractivity contribution is 6.13. The van der Waals surface area contributed by atoms with Gasteiger partial charge in [0.2, 0.25) is 0 Å². The number of para-hydroxylation sites is 3. The lowest BCUT2D eigenvalue weighted by molar-refractivity contribution is 1.15. The Morgan fingerprint density at radius 2 is 0.860 bits per heavy atom. The Labute approximate surface area is 289 Å². The van der Waals surface area contributed by atoms with Gasteiger partial charge < -0.3 is 9.13 Å². The average Bonchev–Trinajstić information content (AvgIpc) is 3.71. The van der Waals surface area contributed by atoms with Gasteiger partial charge in [-0.2, -0.15) is 0 Å². The maximum Gasteiger partial charge on any atom is 0.160 e. The normalized spacial score (nSPS) is 11.6. The first-order chi connectivity index (χ1) is 24.8. The Hall–Kier alpha value is -6.78. The van der Waals surface area contributed by atoms with Crippen LogP contribution in [0.4, 0.5) is 0 Å². The van der Waals surface area contributed by atoms with Crippen molar-refractivity contribution in [2.75, 3.05) is 0 Å². The number of nitrogens with zero attached hydrogens (tertiary/aromatic N) is 4. The van der Waals surface area contributed by atoms with Gasteiger partial charge in [0.15, 0.2) is 5.82 Å². The summed E-state index contributed by atoms with van der Waals surface area (Å²) in [6.07, 6.45) is 0. The van der Waals surface area contributed by atoms with Gasteiger partial charge in [0.25, 0.3) is 0 Å². The molecule has 0 amide bonds. The van der Waals surface area contributed by atoms with Crippen LogP contribution < -0.4 is 0 Å². The van der Waals surface area contributed by atoms with Gasteiger partial charge in [-0.05, 0) is 71.8 Å². The molecule has 0 aliphatic rings. The van der Waals surface area contributed by atoms with Gasteiger partial charge in [-0.15, -0.1) is 0 Å². The van der Waals surface area contributed by atoms with Gasteiger partial charge in [-0.25, -0.2) is 9.97 Å². The SMILES string of the molecule is c1ccc(-c2ccc3c(c2)c2nc(-c4ccc5c(c4)c4ccccc4n5-c4ccccc4)nc(-c4ccccc4)c2n3-c2ccccc2)cc1. The quantitative estimate of drug-likeness (QED) is 0.188. The van der Waals surface area contributed by atoms with Gasteiger partial charge in [0.05, 0.1) is 27.8 Å². The molecular formula is C46H30N4. The Morgan fingerprint density at radius 3 is 1.56 bits per heavy atom. The Bertz CT molecular complexity index is 2840. The second kappa shape index (κ2) is 11.4. The second-order valence-electron chi connectivity index (χ2n) is 12.6. The summed E-state index contributed by atoms with van der Waals surface area (Å²) in [6.45, 7) is 0. The van der Waals surface area contributed by atoms with Crippen LogP contribution in [0.2, 0.25) is 0 Å². The second-order valence-corrected chi connectivity index (χ2v) is 12.6. The number of rotatable bonds is 5. The maximum atomic E-state index is 5.45. The van der Waals surface area contributed by atoms with E-state index in [-0.39, 0.29) is 0 Å². The first-order valence-electron chi connectivity index (χ1n) is 16.9. The summed E-state index contributed by atoms with van der Waals surface area (Å²) in [6, 6.07) is 64.2. The monoisotopic (exact) mass is 638 g/mol. The predicted molar refractivity (Wildman–Crippen MR) is 207 cm³/mol. The van der Waals surface area contributed by atoms with Crippen molar-refractivity contribution >= 4 is 43.7 Å². The highest BCUT2D eigenvalue weighted by Gasteiger charge is 2.22. The third kappa shape index (κ3) is 4.46. The van der Waals surface area contributed by atoms with Crippen molar-refractivity contribution in [2.45, 2.75) is 0 Å². The summed E-state index contributed by atoms with van der Waals surface area (Å²) in [4.78, 5) is 10.9. The summed E-state index contributed by atoms with van der Waals surface area (Å²) in [5.74, 6) is 0.701. The van der Waals surface area contributed by atoms with Crippen LogP contribution in [-0.4, -0.2) is 19.1 Å². The fraction of sp³-hybridized carbons (Fsp3) is 0. The summed E-state index contributed by atoms with van der Waals surface area (Å²) in [7, 11) is 0. The zero-order valence-electron chi connectivity index (χ0n) is 27.1. The van der Waals surface area contributed by atoms with E-state index in [1.807, 2.05) is 0 Å². The molecule has 4 heteroatoms. The predicted octanol–water partition coefficient (Wildman–Crippen LogP) is 11.7. The summed E-state index contributed by atoms with van der Waals surface area (Å²) in [5.41, 5.74) is 12.8. The van der Waals surface area contributed by atoms with Gasteiger partial charge >= 0.3 is 0 Å². The number of aromatic nitrogens is 4. The van der Waals surface area contributed by atoms with E-state index in [1.165, 1.54) is 21.9 Å². The Kier molecular flexibility index (Phi) is 6.46. The van der Waals surface area contributed by atoms with Crippen LogP contribution in [0.25, 0.3) is 88.9 Å². The molecule has 3 aromatic heterocycles. The maximum absolute atomic E-state index is 5.45. The Balaban J connectivity index is 1.29. The van der Waals surface area contributed by atoms with Crippen molar-refractivity contribution in [3.63, 3.8) is 0 Å². The van der Waals surface area contributed by atoms with E-state index in [0.29, 0.717) is 5.82 Å². The highest BCUT2D eigenvalue weighted by atomic mass is 15.0. The van der Waals surface area contributed by atoms with Crippen molar-refractivity contribution in [3.05, 3.63) is 182 Å². The lowest BCUT2D eigenvalue weighted by Crippen LogP contribution is -1.99. The van der Waals surface area contributed by atoms with E-state index in [2.05, 4.69) is 191 Å². The van der Waals surface area contributed by atoms with Crippen LogP contribution in [0.3, 0.4) is 0 Å². The molecule has 0 aliphatic carbocycles. The minimum Gasteiger partial charge on any atom is -0.309 e. The molecule has 0 fully saturated rings. The molecule has 3 heterocycles. The number of hydrogen-bond donors (Lipinski definition) is 0. The van der Waals surface area contributed by atoms with E-state index in [0.717, 1.165) is 61.2 Å². The molecule has 0 bridgehead atoms. The van der Waals surface area contributed by atoms with E-state index in [4.69, 9.17) is 9.97 Å². The van der Waals surface area contributed by atoms with Crippen LogP contribution in [0.5, 0.6) is 0 Å². The standard InChI is InChI=1S/C46H30N4/c1-5-15-31(16-6-1)33-25-27-42-39(29-33)44-45(50(42)36-21-11-4-12-22-36)43(32-17-7-2-8-18-32)47-46(48-44)34-26-28-41-38(30-34)37-23-13-14-24-40(37)49(41)35-19-9-3-10-20-35/h1-30H. The van der Waals surface area contributed by atoms with Crippen molar-refractivity contribution in [3.8, 4) is 45.1 Å².